The number of aromatic amines is 1. The molecule has 6 heterocycles. The number of rotatable bonds is 4. The van der Waals surface area contributed by atoms with Gasteiger partial charge in [0.2, 0.25) is 0 Å². The third-order valence-corrected chi connectivity index (χ3v) is 6.12. The lowest BCUT2D eigenvalue weighted by Crippen LogP contribution is -2.67. The molecule has 0 aromatic carbocycles. The summed E-state index contributed by atoms with van der Waals surface area (Å²) in [6, 6.07) is 6.31. The van der Waals surface area contributed by atoms with E-state index >= 15 is 0 Å². The number of halogens is 1. The molecule has 0 bridgehead atoms. The van der Waals surface area contributed by atoms with Gasteiger partial charge in [-0.15, -0.1) is 17.5 Å². The first-order valence-corrected chi connectivity index (χ1v) is 10.2. The highest BCUT2D eigenvalue weighted by Crippen LogP contribution is 2.35. The highest BCUT2D eigenvalue weighted by molar-refractivity contribution is 6.00. The second-order valence-electron chi connectivity index (χ2n) is 8.02. The maximum atomic E-state index is 5.77. The molecule has 0 atom stereocenters. The van der Waals surface area contributed by atoms with E-state index in [1.165, 1.54) is 12.8 Å². The summed E-state index contributed by atoms with van der Waals surface area (Å²) < 4.78 is 7.63. The van der Waals surface area contributed by atoms with Crippen molar-refractivity contribution in [2.75, 3.05) is 31.1 Å². The summed E-state index contributed by atoms with van der Waals surface area (Å²) in [5.41, 5.74) is 4.17. The average molecular weight is 426 g/mol. The second kappa shape index (κ2) is 7.14. The van der Waals surface area contributed by atoms with Crippen LogP contribution in [-0.2, 0) is 0 Å². The Morgan fingerprint density at radius 2 is 2.13 bits per heavy atom. The Kier molecular flexibility index (Phi) is 4.56. The van der Waals surface area contributed by atoms with Crippen LogP contribution in [0.3, 0.4) is 0 Å². The molecular weight excluding hydrogens is 402 g/mol. The molecule has 0 saturated carbocycles. The molecule has 2 saturated heterocycles. The number of nitrogens with one attached hydrogen (secondary N) is 2. The van der Waals surface area contributed by atoms with Crippen LogP contribution in [0.2, 0.25) is 0 Å². The largest absolute Gasteiger partial charge is 0.492 e. The van der Waals surface area contributed by atoms with Crippen molar-refractivity contribution in [3.05, 3.63) is 36.8 Å². The minimum absolute atomic E-state index is 0. The van der Waals surface area contributed by atoms with Crippen molar-refractivity contribution in [3.63, 3.8) is 0 Å². The molecule has 4 aromatic rings. The molecule has 6 rings (SSSR count). The molecule has 2 N–H and O–H groups in total. The van der Waals surface area contributed by atoms with Gasteiger partial charge in [-0.05, 0) is 44.5 Å². The van der Waals surface area contributed by atoms with Crippen molar-refractivity contribution < 1.29 is 4.74 Å². The van der Waals surface area contributed by atoms with Gasteiger partial charge in [0.1, 0.15) is 11.6 Å². The lowest BCUT2D eigenvalue weighted by atomic mass is 9.88. The number of ether oxygens (including phenoxy) is 1. The van der Waals surface area contributed by atoms with Gasteiger partial charge >= 0.3 is 0 Å². The van der Waals surface area contributed by atoms with E-state index in [0.29, 0.717) is 12.1 Å². The van der Waals surface area contributed by atoms with E-state index in [1.807, 2.05) is 30.0 Å². The fourth-order valence-corrected chi connectivity index (χ4v) is 4.72. The van der Waals surface area contributed by atoms with Crippen LogP contribution in [0.1, 0.15) is 19.8 Å². The first kappa shape index (κ1) is 19.1. The zero-order chi connectivity index (χ0) is 19.4. The van der Waals surface area contributed by atoms with Crippen LogP contribution >= 0.6 is 12.4 Å². The van der Waals surface area contributed by atoms with Gasteiger partial charge in [-0.1, -0.05) is 0 Å². The van der Waals surface area contributed by atoms with Gasteiger partial charge in [-0.25, -0.2) is 9.50 Å². The highest BCUT2D eigenvalue weighted by Gasteiger charge is 2.45. The standard InChI is InChI=1S/C21H23N7O.ClH/c1-2-29-15-8-16(19-17-10-24-25-20(17)26-28(19)11-15)14-4-5-18(22-9-14)27-12-21(13-27)6-3-7-23-21;/h4-5,8-11,23H,2-3,6-7,12-13H2,1H3,(H,25,26);1H. The monoisotopic (exact) mass is 425 g/mol. The van der Waals surface area contributed by atoms with Crippen LogP contribution in [0.4, 0.5) is 5.82 Å². The van der Waals surface area contributed by atoms with Crippen LogP contribution in [-0.4, -0.2) is 56.6 Å². The smallest absolute Gasteiger partial charge is 0.178 e. The van der Waals surface area contributed by atoms with Crippen LogP contribution in [0.5, 0.6) is 5.75 Å². The van der Waals surface area contributed by atoms with Crippen molar-refractivity contribution >= 4 is 34.8 Å². The predicted octanol–water partition coefficient (Wildman–Crippen LogP) is 3.04. The molecule has 1 spiro atoms. The quantitative estimate of drug-likeness (QED) is 0.523. The molecule has 9 heteroatoms. The van der Waals surface area contributed by atoms with E-state index in [4.69, 9.17) is 9.72 Å². The van der Waals surface area contributed by atoms with Crippen molar-refractivity contribution in [2.45, 2.75) is 25.3 Å². The van der Waals surface area contributed by atoms with Crippen molar-refractivity contribution in [2.24, 2.45) is 0 Å². The van der Waals surface area contributed by atoms with E-state index in [9.17, 15) is 0 Å². The van der Waals surface area contributed by atoms with Crippen LogP contribution < -0.4 is 15.0 Å². The summed E-state index contributed by atoms with van der Waals surface area (Å²) in [4.78, 5) is 7.12. The molecular formula is C21H24ClN7O. The first-order valence-electron chi connectivity index (χ1n) is 10.2. The van der Waals surface area contributed by atoms with E-state index < -0.39 is 0 Å². The first-order chi connectivity index (χ1) is 14.2. The van der Waals surface area contributed by atoms with E-state index in [-0.39, 0.29) is 12.4 Å². The molecule has 0 radical (unpaired) electrons. The fourth-order valence-electron chi connectivity index (χ4n) is 4.72. The zero-order valence-corrected chi connectivity index (χ0v) is 17.6. The highest BCUT2D eigenvalue weighted by atomic mass is 35.5. The number of anilines is 1. The fraction of sp³-hybridized carbons (Fsp3) is 0.381. The number of nitrogens with zero attached hydrogens (tertiary/aromatic N) is 5. The number of pyridine rings is 2. The summed E-state index contributed by atoms with van der Waals surface area (Å²) in [5, 5.41) is 16.3. The lowest BCUT2D eigenvalue weighted by Gasteiger charge is -2.49. The molecule has 0 amide bonds. The van der Waals surface area contributed by atoms with Gasteiger partial charge in [-0.2, -0.15) is 5.10 Å². The number of fused-ring (bicyclic) bond motifs is 3. The van der Waals surface area contributed by atoms with Gasteiger partial charge < -0.3 is 15.0 Å². The summed E-state index contributed by atoms with van der Waals surface area (Å²) in [6.07, 6.45) is 8.22. The Balaban J connectivity index is 0.00000193. The number of hydrogen-bond donors (Lipinski definition) is 2. The SMILES string of the molecule is CCOc1cc(-c2ccc(N3CC4(CCCN4)C3)nc2)c2c3cn[nH]c3nn2c1.Cl. The summed E-state index contributed by atoms with van der Waals surface area (Å²) in [6.45, 7) is 5.81. The van der Waals surface area contributed by atoms with Gasteiger partial charge in [-0.3, -0.25) is 5.10 Å². The molecule has 0 unspecified atom stereocenters. The van der Waals surface area contributed by atoms with Crippen LogP contribution in [0, 0.1) is 0 Å². The molecule has 2 fully saturated rings. The Labute approximate surface area is 180 Å². The Morgan fingerprint density at radius 3 is 2.87 bits per heavy atom. The van der Waals surface area contributed by atoms with Crippen molar-refractivity contribution in [1.29, 1.82) is 0 Å². The van der Waals surface area contributed by atoms with Gasteiger partial charge in [0.05, 0.1) is 35.4 Å². The zero-order valence-electron chi connectivity index (χ0n) is 16.8. The van der Waals surface area contributed by atoms with E-state index in [0.717, 1.165) is 58.9 Å². The molecule has 0 aliphatic carbocycles. The summed E-state index contributed by atoms with van der Waals surface area (Å²) in [7, 11) is 0. The minimum atomic E-state index is 0. The molecule has 4 aromatic heterocycles. The predicted molar refractivity (Wildman–Crippen MR) is 119 cm³/mol. The van der Waals surface area contributed by atoms with Gasteiger partial charge in [0, 0.05) is 30.4 Å². The number of hydrogen-bond acceptors (Lipinski definition) is 6. The topological polar surface area (TPSA) is 83.4 Å². The van der Waals surface area contributed by atoms with Crippen LogP contribution in [0.25, 0.3) is 27.7 Å². The molecule has 2 aliphatic heterocycles. The molecule has 8 nitrogen and oxygen atoms in total. The molecule has 2 aliphatic rings. The minimum Gasteiger partial charge on any atom is -0.492 e. The van der Waals surface area contributed by atoms with Gasteiger partial charge in [0.25, 0.3) is 0 Å². The Morgan fingerprint density at radius 1 is 1.23 bits per heavy atom. The number of H-pyrrole nitrogens is 1. The normalized spacial score (nSPS) is 17.4. The summed E-state index contributed by atoms with van der Waals surface area (Å²) in [5.74, 6) is 1.82. The van der Waals surface area contributed by atoms with Gasteiger partial charge in [0.15, 0.2) is 5.65 Å². The maximum Gasteiger partial charge on any atom is 0.178 e. The Hall–Kier alpha value is -2.84. The van der Waals surface area contributed by atoms with E-state index in [2.05, 4.69) is 43.7 Å². The molecule has 30 heavy (non-hydrogen) atoms. The number of aromatic nitrogens is 5. The third kappa shape index (κ3) is 2.90. The lowest BCUT2D eigenvalue weighted by molar-refractivity contribution is 0.293. The molecule has 156 valence electrons. The third-order valence-electron chi connectivity index (χ3n) is 6.12. The Bertz CT molecular complexity index is 1190. The van der Waals surface area contributed by atoms with Crippen molar-refractivity contribution in [1.82, 2.24) is 30.1 Å². The summed E-state index contributed by atoms with van der Waals surface area (Å²) >= 11 is 0. The second-order valence-corrected chi connectivity index (χ2v) is 8.02. The maximum absolute atomic E-state index is 5.77. The van der Waals surface area contributed by atoms with E-state index in [1.54, 1.807) is 0 Å². The van der Waals surface area contributed by atoms with Crippen molar-refractivity contribution in [3.8, 4) is 16.9 Å². The average Bonchev–Trinajstić information content (AvgIpc) is 3.42. The van der Waals surface area contributed by atoms with Crippen LogP contribution in [0.15, 0.2) is 36.8 Å².